The van der Waals surface area contributed by atoms with Crippen LogP contribution in [0.1, 0.15) is 83.6 Å². The Morgan fingerprint density at radius 1 is 0.380 bits per heavy atom. The van der Waals surface area contributed by atoms with Crippen molar-refractivity contribution in [2.24, 2.45) is 5.73 Å². The van der Waals surface area contributed by atoms with E-state index in [2.05, 4.69) is 61.1 Å². The maximum absolute atomic E-state index is 12.7. The van der Waals surface area contributed by atoms with Gasteiger partial charge in [0.2, 0.25) is 22.5 Å². The van der Waals surface area contributed by atoms with Gasteiger partial charge in [0.15, 0.2) is 22.8 Å². The third-order valence-corrected chi connectivity index (χ3v) is 16.8. The predicted molar refractivity (Wildman–Crippen MR) is 369 cm³/mol. The van der Waals surface area contributed by atoms with Gasteiger partial charge in [0.1, 0.15) is 0 Å². The van der Waals surface area contributed by atoms with Crippen LogP contribution in [0.4, 0.5) is 11.9 Å². The van der Waals surface area contributed by atoms with E-state index in [4.69, 9.17) is 38.4 Å². The highest BCUT2D eigenvalue weighted by Gasteiger charge is 2.20. The first-order valence-electron chi connectivity index (χ1n) is 28.6. The number of nitrogens with two attached hydrogens (primary N) is 1. The van der Waals surface area contributed by atoms with Gasteiger partial charge in [-0.05, 0) is 111 Å². The molecule has 0 aliphatic rings. The van der Waals surface area contributed by atoms with E-state index in [1.165, 1.54) is 50.9 Å². The lowest BCUT2D eigenvalue weighted by molar-refractivity contribution is 0.0513. The van der Waals surface area contributed by atoms with Crippen LogP contribution in [0.5, 0.6) is 0 Å². The lowest BCUT2D eigenvalue weighted by Gasteiger charge is -2.09. The lowest BCUT2D eigenvalue weighted by atomic mass is 10.2. The number of thiophene rings is 4. The predicted octanol–water partition coefficient (Wildman–Crippen LogP) is 14.7. The monoisotopic (exact) mass is 1340 g/mol. The van der Waals surface area contributed by atoms with Crippen molar-refractivity contribution in [2.45, 2.75) is 46.6 Å². The number of carbonyl (C=O) groups excluding carboxylic acids is 4. The Balaban J connectivity index is 0.000000141. The Morgan fingerprint density at radius 2 is 0.674 bits per heavy atom. The third-order valence-electron chi connectivity index (χ3n) is 12.8. The summed E-state index contributed by atoms with van der Waals surface area (Å²) >= 11 is 17.3. The second-order valence-electron chi connectivity index (χ2n) is 19.2. The SMILES string of the molecule is CCOC(=O)c1nc(Cl)nc2ccsc12.CCOC(=O)c1nc(NCc2ccccc2)nc2ccsc12.NCc1ccccc1.O=C(NCc1ccccc1)c1nc(Cl)nc2ccsc12.O=C(NCc1ccccc1)c1nc(NCc2ccccc2)nc2ccsc12. The topological polar surface area (TPSA) is 264 Å². The molecule has 8 heterocycles. The van der Waals surface area contributed by atoms with Gasteiger partial charge in [-0.25, -0.2) is 49.5 Å². The zero-order chi connectivity index (χ0) is 64.4. The van der Waals surface area contributed by atoms with Crippen LogP contribution in [-0.2, 0) is 42.2 Å². The average Bonchev–Trinajstić information content (AvgIpc) is 1.71. The maximum atomic E-state index is 12.7. The summed E-state index contributed by atoms with van der Waals surface area (Å²) in [6, 6.07) is 56.9. The zero-order valence-corrected chi connectivity index (χ0v) is 54.3. The summed E-state index contributed by atoms with van der Waals surface area (Å²) in [6.45, 7) is 6.90. The molecule has 0 bridgehead atoms. The number of hydrogen-bond donors (Lipinski definition) is 5. The number of amides is 2. The number of rotatable bonds is 17. The van der Waals surface area contributed by atoms with Crippen molar-refractivity contribution in [3.05, 3.63) is 259 Å². The van der Waals surface area contributed by atoms with Crippen molar-refractivity contribution < 1.29 is 28.7 Å². The molecule has 0 saturated heterocycles. The Kier molecular flexibility index (Phi) is 25.0. The van der Waals surface area contributed by atoms with Crippen LogP contribution < -0.4 is 27.0 Å². The van der Waals surface area contributed by atoms with Crippen LogP contribution in [0, 0.1) is 0 Å². The molecule has 8 aromatic heterocycles. The van der Waals surface area contributed by atoms with Gasteiger partial charge < -0.3 is 36.5 Å². The standard InChI is InChI=1S/C21H18N4OS.C16H15N3O2S.C14H10ClN3OS.C9H7ClN2O2S.C7H9N/c26-20(22-13-15-7-3-1-4-8-15)18-19-17(11-12-27-19)24-21(25-18)23-14-16-9-5-2-6-10-16;1-2-21-15(20)13-14-12(8-9-22-14)18-16(19-13)17-10-11-6-4-3-5-7-11;15-14-17-10-6-7-20-12(10)11(18-14)13(19)16-8-9-4-2-1-3-5-9;1-2-14-8(13)6-7-5(3-4-15-7)11-9(10)12-6;8-6-7-4-2-1-3-5-7/h1-12H,13-14H2,(H,22,26)(H,23,24,25);3-9H,2,10H2,1H3,(H,17,18,19);1-7H,8H2,(H,16,19);3-4H,2H2,1H3;1-5H,6,8H2. The molecule has 19 nitrogen and oxygen atoms in total. The van der Waals surface area contributed by atoms with E-state index >= 15 is 0 Å². The number of esters is 2. The molecule has 13 aromatic rings. The molecule has 0 radical (unpaired) electrons. The van der Waals surface area contributed by atoms with Gasteiger partial charge in [0, 0.05) is 32.7 Å². The van der Waals surface area contributed by atoms with Crippen molar-refractivity contribution in [2.75, 3.05) is 23.8 Å². The Morgan fingerprint density at radius 3 is 1.02 bits per heavy atom. The smallest absolute Gasteiger partial charge is 0.358 e. The molecule has 92 heavy (non-hydrogen) atoms. The molecule has 6 N–H and O–H groups in total. The molecule has 0 aliphatic carbocycles. The van der Waals surface area contributed by atoms with Gasteiger partial charge in [-0.1, -0.05) is 152 Å². The number of anilines is 2. The molecule has 0 fully saturated rings. The molecular weight excluding hydrogens is 1280 g/mol. The molecule has 0 saturated carbocycles. The van der Waals surface area contributed by atoms with E-state index in [-0.39, 0.29) is 28.1 Å². The largest absolute Gasteiger partial charge is 0.461 e. The molecule has 25 heteroatoms. The summed E-state index contributed by atoms with van der Waals surface area (Å²) in [7, 11) is 0. The normalized spacial score (nSPS) is 10.5. The molecule has 0 unspecified atom stereocenters. The number of benzene rings is 5. The van der Waals surface area contributed by atoms with E-state index in [1.807, 2.05) is 191 Å². The number of halogens is 2. The van der Waals surface area contributed by atoms with Crippen LogP contribution in [-0.4, -0.2) is 76.8 Å². The summed E-state index contributed by atoms with van der Waals surface area (Å²) in [5.41, 5.74) is 15.0. The summed E-state index contributed by atoms with van der Waals surface area (Å²) in [6.07, 6.45) is 0. The molecule has 0 spiro atoms. The quantitative estimate of drug-likeness (QED) is 0.0419. The van der Waals surface area contributed by atoms with Crippen LogP contribution >= 0.6 is 68.5 Å². The summed E-state index contributed by atoms with van der Waals surface area (Å²) in [5.74, 6) is -0.441. The number of aromatic nitrogens is 8. The van der Waals surface area contributed by atoms with E-state index < -0.39 is 11.9 Å². The molecule has 466 valence electrons. The highest BCUT2D eigenvalue weighted by atomic mass is 35.5. The number of carbonyl (C=O) groups is 4. The van der Waals surface area contributed by atoms with Gasteiger partial charge >= 0.3 is 11.9 Å². The summed E-state index contributed by atoms with van der Waals surface area (Å²) in [5, 5.41) is 19.8. The van der Waals surface area contributed by atoms with Crippen LogP contribution in [0.25, 0.3) is 40.9 Å². The summed E-state index contributed by atoms with van der Waals surface area (Å²) < 4.78 is 13.0. The van der Waals surface area contributed by atoms with Gasteiger partial charge in [0.25, 0.3) is 11.8 Å². The summed E-state index contributed by atoms with van der Waals surface area (Å²) in [4.78, 5) is 82.3. The number of nitrogens with zero attached hydrogens (tertiary/aromatic N) is 8. The Labute approximate surface area is 555 Å². The highest BCUT2D eigenvalue weighted by molar-refractivity contribution is 7.18. The zero-order valence-electron chi connectivity index (χ0n) is 49.5. The van der Waals surface area contributed by atoms with E-state index in [0.717, 1.165) is 47.4 Å². The average molecular weight is 1340 g/mol. The molecule has 5 aromatic carbocycles. The van der Waals surface area contributed by atoms with Gasteiger partial charge in [-0.15, -0.1) is 45.3 Å². The lowest BCUT2D eigenvalue weighted by Crippen LogP contribution is -2.24. The van der Waals surface area contributed by atoms with Crippen LogP contribution in [0.3, 0.4) is 0 Å². The minimum atomic E-state index is -0.464. The minimum Gasteiger partial charge on any atom is -0.461 e. The molecule has 0 atom stereocenters. The minimum absolute atomic E-state index is 0.0592. The van der Waals surface area contributed by atoms with Gasteiger partial charge in [-0.3, -0.25) is 9.59 Å². The van der Waals surface area contributed by atoms with Crippen LogP contribution in [0.2, 0.25) is 10.6 Å². The highest BCUT2D eigenvalue weighted by Crippen LogP contribution is 2.28. The van der Waals surface area contributed by atoms with E-state index in [9.17, 15) is 19.2 Å². The fourth-order valence-corrected chi connectivity index (χ4v) is 12.0. The second kappa shape index (κ2) is 34.5. The first-order chi connectivity index (χ1) is 45.0. The molecule has 13 rings (SSSR count). The van der Waals surface area contributed by atoms with Crippen molar-refractivity contribution in [1.29, 1.82) is 0 Å². The Hall–Kier alpha value is -9.72. The first kappa shape index (κ1) is 66.7. The van der Waals surface area contributed by atoms with E-state index in [0.29, 0.717) is 90.6 Å². The fraction of sp³-hybridized carbons (Fsp3) is 0.134. The third kappa shape index (κ3) is 19.2. The Bertz CT molecular complexity index is 4510. The van der Waals surface area contributed by atoms with Crippen LogP contribution in [0.15, 0.2) is 197 Å². The van der Waals surface area contributed by atoms with Crippen molar-refractivity contribution in [3.8, 4) is 0 Å². The molecular formula is C67H59Cl2N13O6S4. The van der Waals surface area contributed by atoms with E-state index in [1.54, 1.807) is 19.9 Å². The number of ether oxygens (including phenoxy) is 2. The first-order valence-corrected chi connectivity index (χ1v) is 32.8. The molecule has 0 aliphatic heterocycles. The maximum Gasteiger partial charge on any atom is 0.358 e. The number of nitrogens with one attached hydrogen (secondary N) is 4. The second-order valence-corrected chi connectivity index (χ2v) is 23.5. The number of fused-ring (bicyclic) bond motifs is 4. The van der Waals surface area contributed by atoms with Crippen molar-refractivity contribution >= 4 is 145 Å². The molecule has 2 amide bonds. The number of hydrogen-bond acceptors (Lipinski definition) is 21. The van der Waals surface area contributed by atoms with Crippen molar-refractivity contribution in [3.63, 3.8) is 0 Å². The fourth-order valence-electron chi connectivity index (χ4n) is 8.43. The van der Waals surface area contributed by atoms with Gasteiger partial charge in [0.05, 0.1) is 54.1 Å². The van der Waals surface area contributed by atoms with Gasteiger partial charge in [-0.2, -0.15) is 0 Å². The van der Waals surface area contributed by atoms with Crippen molar-refractivity contribution in [1.82, 2.24) is 50.5 Å².